The molecular formula is C31H35F2N5O3. The minimum atomic E-state index is -2.58. The van der Waals surface area contributed by atoms with E-state index in [1.54, 1.807) is 4.68 Å². The second-order valence-corrected chi connectivity index (χ2v) is 11.3. The number of hydrogen-bond acceptors (Lipinski definition) is 5. The molecule has 0 spiro atoms. The number of nitrogens with zero attached hydrogens (tertiary/aromatic N) is 5. The van der Waals surface area contributed by atoms with Crippen LogP contribution in [0.4, 0.5) is 14.5 Å². The van der Waals surface area contributed by atoms with Crippen LogP contribution in [0.15, 0.2) is 54.7 Å². The van der Waals surface area contributed by atoms with E-state index in [0.717, 1.165) is 53.1 Å². The first kappa shape index (κ1) is 27.2. The lowest BCUT2D eigenvalue weighted by molar-refractivity contribution is -0.143. The Kier molecular flexibility index (Phi) is 7.40. The molecule has 41 heavy (non-hydrogen) atoms. The second kappa shape index (κ2) is 11.1. The summed E-state index contributed by atoms with van der Waals surface area (Å²) in [6.07, 6.45) is 4.92. The number of aryl methyl sites for hydroxylation is 1. The minimum absolute atomic E-state index is 0.129. The molecule has 2 fully saturated rings. The molecule has 3 heterocycles. The summed E-state index contributed by atoms with van der Waals surface area (Å²) in [4.78, 5) is 19.2. The number of halogens is 2. The van der Waals surface area contributed by atoms with Crippen molar-refractivity contribution in [3.05, 3.63) is 71.8 Å². The Labute approximate surface area is 237 Å². The first-order valence-corrected chi connectivity index (χ1v) is 14.3. The highest BCUT2D eigenvalue weighted by Gasteiger charge is 2.36. The van der Waals surface area contributed by atoms with Crippen LogP contribution in [0.2, 0.25) is 0 Å². The van der Waals surface area contributed by atoms with Gasteiger partial charge in [0.15, 0.2) is 0 Å². The van der Waals surface area contributed by atoms with Gasteiger partial charge < -0.3 is 19.3 Å². The Morgan fingerprint density at radius 1 is 1.07 bits per heavy atom. The smallest absolute Gasteiger partial charge is 0.307 e. The third-order valence-electron chi connectivity index (χ3n) is 8.46. The maximum Gasteiger partial charge on any atom is 0.307 e. The normalized spacial score (nSPS) is 20.8. The van der Waals surface area contributed by atoms with E-state index in [9.17, 15) is 18.7 Å². The van der Waals surface area contributed by atoms with Crippen LogP contribution in [-0.4, -0.2) is 49.4 Å². The number of anilines is 1. The highest BCUT2D eigenvalue weighted by molar-refractivity contribution is 5.79. The fraction of sp³-hybridized carbons (Fsp3) is 0.452. The van der Waals surface area contributed by atoms with Gasteiger partial charge in [-0.15, -0.1) is 0 Å². The molecule has 1 aliphatic heterocycles. The number of benzene rings is 2. The van der Waals surface area contributed by atoms with E-state index in [0.29, 0.717) is 38.4 Å². The third-order valence-corrected chi connectivity index (χ3v) is 8.46. The summed E-state index contributed by atoms with van der Waals surface area (Å²) in [6.45, 7) is 1.52. The monoisotopic (exact) mass is 563 g/mol. The number of carbonyl (C=O) groups is 1. The van der Waals surface area contributed by atoms with Crippen molar-refractivity contribution in [3.63, 3.8) is 0 Å². The van der Waals surface area contributed by atoms with Crippen molar-refractivity contribution >= 4 is 22.7 Å². The summed E-state index contributed by atoms with van der Waals surface area (Å²) in [7, 11) is 1.86. The van der Waals surface area contributed by atoms with Crippen LogP contribution in [0, 0.1) is 5.92 Å². The van der Waals surface area contributed by atoms with Gasteiger partial charge in [0, 0.05) is 63.4 Å². The zero-order chi connectivity index (χ0) is 28.6. The van der Waals surface area contributed by atoms with Crippen LogP contribution in [-0.2, 0) is 25.0 Å². The minimum Gasteiger partial charge on any atom is -0.487 e. The van der Waals surface area contributed by atoms with Crippen molar-refractivity contribution < 1.29 is 23.4 Å². The lowest BCUT2D eigenvalue weighted by atomic mass is 9.78. The SMILES string of the molecule is Cn1ccc(COc2ccc3nc([C@H]4CCCC[C@H]4C(=O)O)n(Cc4ccc(N5CCC(F)(F)CC5)cc4)c3c2)n1. The molecule has 1 aliphatic carbocycles. The van der Waals surface area contributed by atoms with Gasteiger partial charge >= 0.3 is 5.97 Å². The molecule has 8 nitrogen and oxygen atoms in total. The van der Waals surface area contributed by atoms with Crippen molar-refractivity contribution in [2.45, 2.75) is 63.5 Å². The Morgan fingerprint density at radius 2 is 1.83 bits per heavy atom. The number of aromatic nitrogens is 4. The van der Waals surface area contributed by atoms with E-state index in [-0.39, 0.29) is 18.8 Å². The number of alkyl halides is 2. The quantitative estimate of drug-likeness (QED) is 0.284. The Hall–Kier alpha value is -3.95. The second-order valence-electron chi connectivity index (χ2n) is 11.3. The number of rotatable bonds is 8. The van der Waals surface area contributed by atoms with Crippen molar-refractivity contribution in [2.75, 3.05) is 18.0 Å². The van der Waals surface area contributed by atoms with Crippen LogP contribution in [0.3, 0.4) is 0 Å². The van der Waals surface area contributed by atoms with Gasteiger partial charge in [0.05, 0.1) is 22.6 Å². The standard InChI is InChI=1S/C31H35F2N5O3/c1-36-15-12-22(35-36)20-41-24-10-11-27-28(18-24)38(29(34-27)25-4-2-3-5-26(25)30(39)40)19-21-6-8-23(9-7-21)37-16-13-31(32,33)14-17-37/h6-12,15,18,25-26H,2-5,13-14,16-17,19-20H2,1H3,(H,39,40)/t25-,26+/m0/s1. The average molecular weight is 564 g/mol. The summed E-state index contributed by atoms with van der Waals surface area (Å²) < 4.78 is 37.2. The zero-order valence-corrected chi connectivity index (χ0v) is 23.2. The first-order chi connectivity index (χ1) is 19.8. The van der Waals surface area contributed by atoms with Gasteiger partial charge in [0.1, 0.15) is 18.2 Å². The summed E-state index contributed by atoms with van der Waals surface area (Å²) in [5.41, 5.74) is 4.47. The van der Waals surface area contributed by atoms with Crippen molar-refractivity contribution in [1.29, 1.82) is 0 Å². The van der Waals surface area contributed by atoms with Crippen molar-refractivity contribution in [3.8, 4) is 5.75 Å². The van der Waals surface area contributed by atoms with Gasteiger partial charge in [0.25, 0.3) is 5.92 Å². The molecule has 2 aromatic heterocycles. The number of aliphatic carboxylic acids is 1. The van der Waals surface area contributed by atoms with E-state index in [1.165, 1.54) is 0 Å². The molecule has 0 amide bonds. The zero-order valence-electron chi connectivity index (χ0n) is 23.2. The van der Waals surface area contributed by atoms with Gasteiger partial charge in [-0.25, -0.2) is 13.8 Å². The van der Waals surface area contributed by atoms with Crippen molar-refractivity contribution in [2.24, 2.45) is 13.0 Å². The van der Waals surface area contributed by atoms with E-state index in [2.05, 4.69) is 9.67 Å². The van der Waals surface area contributed by atoms with Gasteiger partial charge in [0.2, 0.25) is 0 Å². The maximum absolute atomic E-state index is 13.6. The highest BCUT2D eigenvalue weighted by Crippen LogP contribution is 2.39. The van der Waals surface area contributed by atoms with Crippen LogP contribution < -0.4 is 9.64 Å². The number of carboxylic acid groups (broad SMARTS) is 1. The summed E-state index contributed by atoms with van der Waals surface area (Å²) in [5.74, 6) is -2.53. The first-order valence-electron chi connectivity index (χ1n) is 14.3. The maximum atomic E-state index is 13.6. The number of ether oxygens (including phenoxy) is 1. The van der Waals surface area contributed by atoms with E-state index < -0.39 is 17.8 Å². The molecule has 1 saturated carbocycles. The fourth-order valence-electron chi connectivity index (χ4n) is 6.18. The topological polar surface area (TPSA) is 85.4 Å². The number of carboxylic acids is 1. The molecule has 2 aliphatic rings. The molecule has 2 aromatic carbocycles. The summed E-state index contributed by atoms with van der Waals surface area (Å²) in [5, 5.41) is 14.4. The van der Waals surface area contributed by atoms with Gasteiger partial charge in [-0.05, 0) is 48.7 Å². The Bertz CT molecular complexity index is 1520. The molecule has 1 N–H and O–H groups in total. The third kappa shape index (κ3) is 5.92. The van der Waals surface area contributed by atoms with Crippen molar-refractivity contribution in [1.82, 2.24) is 19.3 Å². The van der Waals surface area contributed by atoms with Gasteiger partial charge in [-0.2, -0.15) is 5.10 Å². The lowest BCUT2D eigenvalue weighted by Gasteiger charge is -2.33. The van der Waals surface area contributed by atoms with Crippen LogP contribution >= 0.6 is 0 Å². The largest absolute Gasteiger partial charge is 0.487 e. The van der Waals surface area contributed by atoms with E-state index >= 15 is 0 Å². The molecular weight excluding hydrogens is 528 g/mol. The van der Waals surface area contributed by atoms with E-state index in [4.69, 9.17) is 9.72 Å². The lowest BCUT2D eigenvalue weighted by Crippen LogP contribution is -2.39. The van der Waals surface area contributed by atoms with E-state index in [1.807, 2.05) is 66.7 Å². The number of imidazole rings is 1. The Morgan fingerprint density at radius 3 is 2.54 bits per heavy atom. The molecule has 6 rings (SSSR count). The predicted octanol–water partition coefficient (Wildman–Crippen LogP) is 5.99. The molecule has 0 unspecified atom stereocenters. The molecule has 2 atom stereocenters. The predicted molar refractivity (Wildman–Crippen MR) is 152 cm³/mol. The highest BCUT2D eigenvalue weighted by atomic mass is 19.3. The number of piperidine rings is 1. The fourth-order valence-corrected chi connectivity index (χ4v) is 6.18. The van der Waals surface area contributed by atoms with Crippen LogP contribution in [0.5, 0.6) is 5.75 Å². The molecule has 1 saturated heterocycles. The summed E-state index contributed by atoms with van der Waals surface area (Å²) >= 11 is 0. The van der Waals surface area contributed by atoms with Gasteiger partial charge in [-0.1, -0.05) is 25.0 Å². The Balaban J connectivity index is 1.31. The molecule has 0 radical (unpaired) electrons. The molecule has 0 bridgehead atoms. The van der Waals surface area contributed by atoms with Crippen LogP contribution in [0.25, 0.3) is 11.0 Å². The number of fused-ring (bicyclic) bond motifs is 1. The summed E-state index contributed by atoms with van der Waals surface area (Å²) in [6, 6.07) is 15.7. The van der Waals surface area contributed by atoms with Gasteiger partial charge in [-0.3, -0.25) is 9.48 Å². The molecule has 216 valence electrons. The molecule has 10 heteroatoms. The average Bonchev–Trinajstić information content (AvgIpc) is 3.55. The number of hydrogen-bond donors (Lipinski definition) is 1. The molecule has 4 aromatic rings. The van der Waals surface area contributed by atoms with Crippen LogP contribution in [0.1, 0.15) is 61.5 Å².